The average Bonchev–Trinajstić information content (AvgIpc) is 2.61. The first-order valence-corrected chi connectivity index (χ1v) is 5.53. The van der Waals surface area contributed by atoms with Crippen LogP contribution in [0.3, 0.4) is 0 Å². The van der Waals surface area contributed by atoms with Crippen LogP contribution in [0.2, 0.25) is 0 Å². The van der Waals surface area contributed by atoms with Crippen LogP contribution in [0.5, 0.6) is 0 Å². The molecule has 2 N–H and O–H groups in total. The van der Waals surface area contributed by atoms with E-state index in [-0.39, 0.29) is 17.7 Å². The second-order valence-electron chi connectivity index (χ2n) is 4.82. The predicted molar refractivity (Wildman–Crippen MR) is 58.1 cm³/mol. The summed E-state index contributed by atoms with van der Waals surface area (Å²) >= 11 is 0. The van der Waals surface area contributed by atoms with Gasteiger partial charge in [-0.1, -0.05) is 12.2 Å². The van der Waals surface area contributed by atoms with Gasteiger partial charge in [0.2, 0.25) is 0 Å². The molecule has 0 aromatic heterocycles. The van der Waals surface area contributed by atoms with E-state index >= 15 is 0 Å². The van der Waals surface area contributed by atoms with E-state index in [1.54, 1.807) is 0 Å². The van der Waals surface area contributed by atoms with Crippen LogP contribution in [0.15, 0.2) is 17.1 Å². The summed E-state index contributed by atoms with van der Waals surface area (Å²) in [5.74, 6) is -0.939. The third-order valence-corrected chi connectivity index (χ3v) is 4.41. The van der Waals surface area contributed by atoms with Crippen molar-refractivity contribution in [2.45, 2.75) is 12.8 Å². The molecule has 1 amide bonds. The summed E-state index contributed by atoms with van der Waals surface area (Å²) in [7, 11) is 0. The Morgan fingerprint density at radius 2 is 1.76 bits per heavy atom. The van der Waals surface area contributed by atoms with Crippen molar-refractivity contribution < 1.29 is 4.79 Å². The van der Waals surface area contributed by atoms with Crippen LogP contribution < -0.4 is 5.73 Å². The van der Waals surface area contributed by atoms with E-state index in [2.05, 4.69) is 17.1 Å². The van der Waals surface area contributed by atoms with Crippen molar-refractivity contribution >= 4 is 11.7 Å². The number of fused-ring (bicyclic) bond motifs is 1. The minimum absolute atomic E-state index is 0.0191. The van der Waals surface area contributed by atoms with Gasteiger partial charge in [-0.05, 0) is 12.8 Å². The van der Waals surface area contributed by atoms with Gasteiger partial charge in [0, 0.05) is 11.8 Å². The number of nitrogens with two attached hydrogens (primary N) is 1. The number of nitriles is 2. The molecule has 1 heterocycles. The smallest absolute Gasteiger partial charge is 0.270 e. The molecule has 1 saturated carbocycles. The summed E-state index contributed by atoms with van der Waals surface area (Å²) in [5.41, 5.74) is 3.17. The first-order valence-electron chi connectivity index (χ1n) is 5.53. The minimum atomic E-state index is -1.39. The Morgan fingerprint density at radius 3 is 2.18 bits per heavy atom. The molecule has 0 saturated heterocycles. The van der Waals surface area contributed by atoms with Gasteiger partial charge in [0.15, 0.2) is 5.41 Å². The van der Waals surface area contributed by atoms with E-state index in [4.69, 9.17) is 5.73 Å². The fraction of sp³-hybridized carbons (Fsp3) is 0.500. The third-order valence-electron chi connectivity index (χ3n) is 4.41. The Labute approximate surface area is 98.2 Å². The number of rotatable bonds is 0. The lowest BCUT2D eigenvalue weighted by Gasteiger charge is -2.50. The predicted octanol–water partition coefficient (Wildman–Crippen LogP) is 0.500. The van der Waals surface area contributed by atoms with Crippen molar-refractivity contribution in [3.63, 3.8) is 0 Å². The van der Waals surface area contributed by atoms with Crippen LogP contribution in [0.1, 0.15) is 12.8 Å². The molecule has 0 radical (unpaired) electrons. The first kappa shape index (κ1) is 10.0. The van der Waals surface area contributed by atoms with Gasteiger partial charge in [-0.3, -0.25) is 4.79 Å². The fourth-order valence-electron chi connectivity index (χ4n) is 3.58. The summed E-state index contributed by atoms with van der Waals surface area (Å²) in [6, 6.07) is 4.20. The van der Waals surface area contributed by atoms with E-state index in [0.717, 1.165) is 12.8 Å². The molecular weight excluding hydrogens is 216 g/mol. The molecule has 4 aliphatic rings. The van der Waals surface area contributed by atoms with Crippen molar-refractivity contribution in [2.24, 2.45) is 33.4 Å². The molecule has 0 aromatic rings. The highest BCUT2D eigenvalue weighted by Crippen LogP contribution is 2.63. The average molecular weight is 226 g/mol. The monoisotopic (exact) mass is 226 g/mol. The largest absolute Gasteiger partial charge is 0.386 e. The van der Waals surface area contributed by atoms with Gasteiger partial charge in [-0.25, -0.2) is 0 Å². The molecule has 0 unspecified atom stereocenters. The number of amides is 1. The molecule has 3 aliphatic carbocycles. The fourth-order valence-corrected chi connectivity index (χ4v) is 3.58. The highest BCUT2D eigenvalue weighted by atomic mass is 16.2. The number of nitrogens with zero attached hydrogens (tertiary/aromatic N) is 3. The van der Waals surface area contributed by atoms with E-state index in [1.165, 1.54) is 0 Å². The van der Waals surface area contributed by atoms with Gasteiger partial charge in [0.25, 0.3) is 5.91 Å². The lowest BCUT2D eigenvalue weighted by Crippen LogP contribution is -2.59. The molecule has 1 fully saturated rings. The standard InChI is InChI=1S/C12H10N4O/c13-5-11-7-1-3-8(4-2-7)12(11,6-14)10(17)16-9(11)15/h1,3,7-8H,2,4H2,(H2,15,16,17)/t7-,8-,11+,12-/m0/s1. The Balaban J connectivity index is 2.37. The second kappa shape index (κ2) is 2.75. The number of carbonyl (C=O) groups excluding carboxylic acids is 1. The molecule has 4 rings (SSSR count). The number of hydrogen-bond acceptors (Lipinski definition) is 4. The van der Waals surface area contributed by atoms with Crippen LogP contribution in [0.25, 0.3) is 0 Å². The number of amidine groups is 1. The maximum Gasteiger partial charge on any atom is 0.270 e. The Kier molecular flexibility index (Phi) is 1.63. The molecule has 84 valence electrons. The van der Waals surface area contributed by atoms with Crippen molar-refractivity contribution in [3.8, 4) is 12.1 Å². The number of carbonyl (C=O) groups is 1. The van der Waals surface area contributed by atoms with Crippen molar-refractivity contribution in [1.29, 1.82) is 10.5 Å². The third kappa shape index (κ3) is 0.754. The Bertz CT molecular complexity index is 564. The summed E-state index contributed by atoms with van der Waals surface area (Å²) in [5, 5.41) is 19.0. The normalized spacial score (nSPS) is 46.0. The SMILES string of the molecule is N#C[C@@]12C(N)=NC(=O)[C@]1(C#N)[C@H]1C=C[C@H]2CC1. The van der Waals surface area contributed by atoms with E-state index in [0.29, 0.717) is 0 Å². The van der Waals surface area contributed by atoms with E-state index in [9.17, 15) is 15.3 Å². The van der Waals surface area contributed by atoms with Crippen LogP contribution in [0.4, 0.5) is 0 Å². The quantitative estimate of drug-likeness (QED) is 0.607. The number of aliphatic imine (C=N–C) groups is 1. The molecule has 2 bridgehead atoms. The summed E-state index contributed by atoms with van der Waals surface area (Å²) in [6.07, 6.45) is 5.31. The van der Waals surface area contributed by atoms with Gasteiger partial charge in [0.05, 0.1) is 12.1 Å². The molecule has 4 atom stereocenters. The van der Waals surface area contributed by atoms with Crippen LogP contribution >= 0.6 is 0 Å². The van der Waals surface area contributed by atoms with Gasteiger partial charge in [0.1, 0.15) is 11.3 Å². The van der Waals surface area contributed by atoms with Gasteiger partial charge >= 0.3 is 0 Å². The molecular formula is C12H10N4O. The Hall–Kier alpha value is -2.14. The minimum Gasteiger partial charge on any atom is -0.386 e. The van der Waals surface area contributed by atoms with Crippen LogP contribution in [0, 0.1) is 45.3 Å². The lowest BCUT2D eigenvalue weighted by atomic mass is 9.46. The molecule has 5 heteroatoms. The van der Waals surface area contributed by atoms with Crippen molar-refractivity contribution in [3.05, 3.63) is 12.2 Å². The topological polar surface area (TPSA) is 103 Å². The van der Waals surface area contributed by atoms with Crippen LogP contribution in [-0.2, 0) is 4.79 Å². The van der Waals surface area contributed by atoms with Crippen molar-refractivity contribution in [1.82, 2.24) is 0 Å². The number of hydrogen-bond donors (Lipinski definition) is 1. The van der Waals surface area contributed by atoms with Gasteiger partial charge in [-0.2, -0.15) is 15.5 Å². The summed E-state index contributed by atoms with van der Waals surface area (Å²) < 4.78 is 0. The molecule has 5 nitrogen and oxygen atoms in total. The molecule has 1 aliphatic heterocycles. The molecule has 17 heavy (non-hydrogen) atoms. The van der Waals surface area contributed by atoms with Gasteiger partial charge in [-0.15, -0.1) is 0 Å². The molecule has 0 aromatic carbocycles. The van der Waals surface area contributed by atoms with Gasteiger partial charge < -0.3 is 5.73 Å². The first-order chi connectivity index (χ1) is 8.13. The van der Waals surface area contributed by atoms with Crippen molar-refractivity contribution in [2.75, 3.05) is 0 Å². The maximum atomic E-state index is 12.1. The zero-order chi connectivity index (χ0) is 12.3. The summed E-state index contributed by atoms with van der Waals surface area (Å²) in [4.78, 5) is 15.8. The highest BCUT2D eigenvalue weighted by Gasteiger charge is 2.73. The van der Waals surface area contributed by atoms with Crippen LogP contribution in [-0.4, -0.2) is 11.7 Å². The van der Waals surface area contributed by atoms with E-state index < -0.39 is 16.7 Å². The zero-order valence-electron chi connectivity index (χ0n) is 9.05. The second-order valence-corrected chi connectivity index (χ2v) is 4.82. The highest BCUT2D eigenvalue weighted by molar-refractivity contribution is 6.12. The lowest BCUT2D eigenvalue weighted by molar-refractivity contribution is -0.131. The number of allylic oxidation sites excluding steroid dienone is 2. The maximum absolute atomic E-state index is 12.1. The summed E-state index contributed by atoms with van der Waals surface area (Å²) in [6.45, 7) is 0. The van der Waals surface area contributed by atoms with E-state index in [1.807, 2.05) is 12.2 Å². The molecule has 0 spiro atoms. The zero-order valence-corrected chi connectivity index (χ0v) is 9.05. The Morgan fingerprint density at radius 1 is 1.24 bits per heavy atom.